The molecule has 2 rings (SSSR count). The van der Waals surface area contributed by atoms with Gasteiger partial charge in [-0.3, -0.25) is 10.1 Å². The molecule has 0 radical (unpaired) electrons. The Balaban J connectivity index is 2.34. The molecule has 1 aromatic rings. The molecular formula is C12H15N3O6. The highest BCUT2D eigenvalue weighted by Crippen LogP contribution is 2.30. The van der Waals surface area contributed by atoms with Crippen LogP contribution in [-0.4, -0.2) is 51.4 Å². The zero-order valence-corrected chi connectivity index (χ0v) is 11.1. The number of aliphatic hydroxyl groups is 1. The highest BCUT2D eigenvalue weighted by atomic mass is 16.6. The number of nitrogens with zero attached hydrogens (tertiary/aromatic N) is 2. The summed E-state index contributed by atoms with van der Waals surface area (Å²) in [5.74, 6) is -1.35. The van der Waals surface area contributed by atoms with Gasteiger partial charge in [-0.1, -0.05) is 0 Å². The number of nitro groups is 1. The number of aliphatic hydroxyl groups excluding tert-OH is 1. The predicted octanol–water partition coefficient (Wildman–Crippen LogP) is 0.641. The molecule has 9 nitrogen and oxygen atoms in total. The van der Waals surface area contributed by atoms with Crippen molar-refractivity contribution < 1.29 is 24.7 Å². The molecule has 21 heavy (non-hydrogen) atoms. The molecule has 114 valence electrons. The molecule has 0 unspecified atom stereocenters. The molecule has 0 aromatic carbocycles. The van der Waals surface area contributed by atoms with Crippen LogP contribution >= 0.6 is 0 Å². The van der Waals surface area contributed by atoms with Gasteiger partial charge in [0, 0.05) is 25.5 Å². The number of carboxylic acids is 1. The maximum atomic E-state index is 11.1. The first-order chi connectivity index (χ1) is 9.97. The lowest BCUT2D eigenvalue weighted by Gasteiger charge is -2.36. The molecule has 0 bridgehead atoms. The van der Waals surface area contributed by atoms with Gasteiger partial charge in [-0.05, 0) is 12.8 Å². The predicted molar refractivity (Wildman–Crippen MR) is 71.3 cm³/mol. The quantitative estimate of drug-likeness (QED) is 0.532. The van der Waals surface area contributed by atoms with Gasteiger partial charge in [0.1, 0.15) is 0 Å². The fourth-order valence-electron chi connectivity index (χ4n) is 2.14. The van der Waals surface area contributed by atoms with Crippen molar-refractivity contribution in [3.8, 4) is 0 Å². The minimum absolute atomic E-state index is 0.0547. The van der Waals surface area contributed by atoms with Crippen LogP contribution in [-0.2, 0) is 4.74 Å². The van der Waals surface area contributed by atoms with E-state index < -0.39 is 22.1 Å². The zero-order chi connectivity index (χ0) is 15.5. The third kappa shape index (κ3) is 3.26. The van der Waals surface area contributed by atoms with Gasteiger partial charge in [-0.25, -0.2) is 9.78 Å². The number of anilines is 1. The summed E-state index contributed by atoms with van der Waals surface area (Å²) in [6.07, 6.45) is 1.99. The largest absolute Gasteiger partial charge is 0.478 e. The van der Waals surface area contributed by atoms with E-state index in [4.69, 9.17) is 9.84 Å². The van der Waals surface area contributed by atoms with E-state index in [1.165, 1.54) is 0 Å². The molecular weight excluding hydrogens is 282 g/mol. The van der Waals surface area contributed by atoms with Crippen LogP contribution in [0.15, 0.2) is 12.3 Å². The van der Waals surface area contributed by atoms with Crippen molar-refractivity contribution in [2.75, 3.05) is 25.1 Å². The standard InChI is InChI=1S/C12H15N3O6/c16-7-12(1-3-21-4-2-12)14-10-9(15(19)20)5-8(6-13-10)11(17)18/h5-6,16H,1-4,7H2,(H,13,14)(H,17,18). The van der Waals surface area contributed by atoms with Crippen molar-refractivity contribution in [2.45, 2.75) is 18.4 Å². The van der Waals surface area contributed by atoms with Crippen molar-refractivity contribution >= 4 is 17.5 Å². The van der Waals surface area contributed by atoms with Crippen molar-refractivity contribution in [1.29, 1.82) is 0 Å². The number of hydrogen-bond acceptors (Lipinski definition) is 7. The Bertz CT molecular complexity index is 556. The average Bonchev–Trinajstić information content (AvgIpc) is 2.48. The first kappa shape index (κ1) is 15.1. The van der Waals surface area contributed by atoms with Gasteiger partial charge in [0.25, 0.3) is 0 Å². The molecule has 0 aliphatic carbocycles. The Morgan fingerprint density at radius 2 is 2.19 bits per heavy atom. The number of carboxylic acid groups (broad SMARTS) is 1. The number of hydrogen-bond donors (Lipinski definition) is 3. The molecule has 3 N–H and O–H groups in total. The van der Waals surface area contributed by atoms with Crippen LogP contribution in [0.5, 0.6) is 0 Å². The smallest absolute Gasteiger partial charge is 0.337 e. The maximum Gasteiger partial charge on any atom is 0.337 e. The Morgan fingerprint density at radius 3 is 2.71 bits per heavy atom. The third-order valence-electron chi connectivity index (χ3n) is 3.45. The third-order valence-corrected chi connectivity index (χ3v) is 3.45. The van der Waals surface area contributed by atoms with E-state index >= 15 is 0 Å². The van der Waals surface area contributed by atoms with Crippen molar-refractivity contribution in [3.05, 3.63) is 27.9 Å². The molecule has 2 heterocycles. The molecule has 0 amide bonds. The molecule has 9 heteroatoms. The number of rotatable bonds is 5. The number of aromatic nitrogens is 1. The SMILES string of the molecule is O=C(O)c1cnc(NC2(CO)CCOCC2)c([N+](=O)[O-])c1. The van der Waals surface area contributed by atoms with Gasteiger partial charge in [0.2, 0.25) is 5.82 Å². The summed E-state index contributed by atoms with van der Waals surface area (Å²) >= 11 is 0. The normalized spacial score (nSPS) is 17.2. The monoisotopic (exact) mass is 297 g/mol. The molecule has 0 saturated carbocycles. The Kier molecular flexibility index (Phi) is 4.34. The van der Waals surface area contributed by atoms with Crippen LogP contribution in [0.1, 0.15) is 23.2 Å². The molecule has 0 atom stereocenters. The Hall–Kier alpha value is -2.26. The van der Waals surface area contributed by atoms with Crippen molar-refractivity contribution in [2.24, 2.45) is 0 Å². The van der Waals surface area contributed by atoms with Crippen LogP contribution in [0.4, 0.5) is 11.5 Å². The van der Waals surface area contributed by atoms with Crippen LogP contribution in [0.3, 0.4) is 0 Å². The van der Waals surface area contributed by atoms with E-state index in [-0.39, 0.29) is 18.0 Å². The summed E-state index contributed by atoms with van der Waals surface area (Å²) in [6.45, 7) is 0.624. The number of nitrogens with one attached hydrogen (secondary N) is 1. The highest BCUT2D eigenvalue weighted by molar-refractivity contribution is 5.88. The first-order valence-electron chi connectivity index (χ1n) is 6.32. The van der Waals surface area contributed by atoms with E-state index in [9.17, 15) is 20.0 Å². The summed E-state index contributed by atoms with van der Waals surface area (Å²) in [6, 6.07) is 0.946. The molecule has 1 fully saturated rings. The molecule has 1 aliphatic rings. The number of aromatic carboxylic acids is 1. The maximum absolute atomic E-state index is 11.1. The zero-order valence-electron chi connectivity index (χ0n) is 11.1. The summed E-state index contributed by atoms with van der Waals surface area (Å²) in [7, 11) is 0. The van der Waals surface area contributed by atoms with Crippen LogP contribution in [0.25, 0.3) is 0 Å². The van der Waals surface area contributed by atoms with E-state index in [1.54, 1.807) is 0 Å². The fourth-order valence-corrected chi connectivity index (χ4v) is 2.14. The van der Waals surface area contributed by atoms with Crippen LogP contribution in [0, 0.1) is 10.1 Å². The van der Waals surface area contributed by atoms with Gasteiger partial charge in [-0.2, -0.15) is 0 Å². The lowest BCUT2D eigenvalue weighted by atomic mass is 9.91. The molecule has 0 spiro atoms. The lowest BCUT2D eigenvalue weighted by molar-refractivity contribution is -0.384. The van der Waals surface area contributed by atoms with Gasteiger partial charge < -0.3 is 20.3 Å². The highest BCUT2D eigenvalue weighted by Gasteiger charge is 2.34. The van der Waals surface area contributed by atoms with E-state index in [1.807, 2.05) is 0 Å². The summed E-state index contributed by atoms with van der Waals surface area (Å²) < 4.78 is 5.21. The molecule has 1 saturated heterocycles. The Morgan fingerprint density at radius 1 is 1.52 bits per heavy atom. The van der Waals surface area contributed by atoms with Crippen LogP contribution < -0.4 is 5.32 Å². The van der Waals surface area contributed by atoms with Crippen LogP contribution in [0.2, 0.25) is 0 Å². The second-order valence-electron chi connectivity index (χ2n) is 4.83. The Labute approximate surface area is 119 Å². The van der Waals surface area contributed by atoms with Gasteiger partial charge in [0.15, 0.2) is 0 Å². The fraction of sp³-hybridized carbons (Fsp3) is 0.500. The number of ether oxygens (including phenoxy) is 1. The average molecular weight is 297 g/mol. The second kappa shape index (κ2) is 6.02. The molecule has 1 aliphatic heterocycles. The van der Waals surface area contributed by atoms with Crippen molar-refractivity contribution in [3.63, 3.8) is 0 Å². The molecule has 1 aromatic heterocycles. The summed E-state index contributed by atoms with van der Waals surface area (Å²) in [5.41, 5.74) is -1.45. The number of pyridine rings is 1. The van der Waals surface area contributed by atoms with E-state index in [0.717, 1.165) is 12.3 Å². The lowest BCUT2D eigenvalue weighted by Crippen LogP contribution is -2.47. The van der Waals surface area contributed by atoms with E-state index in [2.05, 4.69) is 10.3 Å². The van der Waals surface area contributed by atoms with Gasteiger partial charge >= 0.3 is 11.7 Å². The number of carbonyl (C=O) groups is 1. The topological polar surface area (TPSA) is 135 Å². The summed E-state index contributed by atoms with van der Waals surface area (Å²) in [5, 5.41) is 32.4. The minimum Gasteiger partial charge on any atom is -0.478 e. The second-order valence-corrected chi connectivity index (χ2v) is 4.83. The van der Waals surface area contributed by atoms with Crippen molar-refractivity contribution in [1.82, 2.24) is 4.98 Å². The minimum atomic E-state index is -1.29. The summed E-state index contributed by atoms with van der Waals surface area (Å²) in [4.78, 5) is 25.1. The van der Waals surface area contributed by atoms with Gasteiger partial charge in [0.05, 0.1) is 22.6 Å². The first-order valence-corrected chi connectivity index (χ1v) is 6.32. The van der Waals surface area contributed by atoms with Gasteiger partial charge in [-0.15, -0.1) is 0 Å². The van der Waals surface area contributed by atoms with E-state index in [0.29, 0.717) is 26.1 Å².